The van der Waals surface area contributed by atoms with E-state index >= 15 is 0 Å². The summed E-state index contributed by atoms with van der Waals surface area (Å²) < 4.78 is 51.2. The molecule has 0 spiro atoms. The van der Waals surface area contributed by atoms with Crippen LogP contribution in [-0.4, -0.2) is 15.0 Å². The van der Waals surface area contributed by atoms with Gasteiger partial charge >= 0.3 is 0 Å². The van der Waals surface area contributed by atoms with Crippen LogP contribution >= 0.6 is 11.3 Å². The summed E-state index contributed by atoms with van der Waals surface area (Å²) in [7, 11) is 0. The molecule has 0 aliphatic heterocycles. The van der Waals surface area contributed by atoms with Gasteiger partial charge in [0.15, 0.2) is 17.5 Å². The Bertz CT molecular complexity index is 3130. The molecule has 0 N–H and O–H groups in total. The van der Waals surface area contributed by atoms with Gasteiger partial charge in [-0.2, -0.15) is 0 Å². The number of rotatable bonds is 5. The standard InChI is InChI=1S/C45H27N3OS/c1-4-13-28(14-5-1)32-25-37(41-36-19-10-11-22-39(36)50-40(41)27-32)35-21-12-20-34-33-24-23-31(26-38(33)49-42(34)35)45-47-43(29-15-6-2-7-16-29)46-44(48-45)30-17-8-3-9-18-30/h1-27H/i2D,6D,7D,15D,16D. The van der Waals surface area contributed by atoms with Crippen LogP contribution in [-0.2, 0) is 0 Å². The Balaban J connectivity index is 1.18. The van der Waals surface area contributed by atoms with Crippen LogP contribution in [0, 0.1) is 0 Å². The third-order valence-electron chi connectivity index (χ3n) is 9.02. The summed E-state index contributed by atoms with van der Waals surface area (Å²) in [5, 5.41) is 4.28. The van der Waals surface area contributed by atoms with Crippen molar-refractivity contribution in [3.05, 3.63) is 164 Å². The predicted octanol–water partition coefficient (Wildman–Crippen LogP) is 12.5. The first-order chi connectivity index (χ1) is 26.8. The fourth-order valence-electron chi connectivity index (χ4n) is 6.71. The van der Waals surface area contributed by atoms with Gasteiger partial charge in [-0.3, -0.25) is 0 Å². The lowest BCUT2D eigenvalue weighted by Crippen LogP contribution is -2.00. The Hall–Kier alpha value is -6.43. The maximum Gasteiger partial charge on any atom is 0.164 e. The van der Waals surface area contributed by atoms with E-state index in [-0.39, 0.29) is 29.3 Å². The Kier molecular flexibility index (Phi) is 5.54. The number of hydrogen-bond acceptors (Lipinski definition) is 5. The minimum atomic E-state index is -0.481. The van der Waals surface area contributed by atoms with E-state index < -0.39 is 18.1 Å². The number of fused-ring (bicyclic) bond motifs is 6. The zero-order chi connectivity index (χ0) is 37.4. The molecule has 4 nitrogen and oxygen atoms in total. The first-order valence-corrected chi connectivity index (χ1v) is 17.0. The molecule has 0 atom stereocenters. The molecule has 0 bridgehead atoms. The van der Waals surface area contributed by atoms with Gasteiger partial charge in [0.2, 0.25) is 0 Å². The molecule has 50 heavy (non-hydrogen) atoms. The summed E-state index contributed by atoms with van der Waals surface area (Å²) >= 11 is 1.79. The van der Waals surface area contributed by atoms with Crippen LogP contribution in [0.4, 0.5) is 0 Å². The molecule has 0 radical (unpaired) electrons. The highest BCUT2D eigenvalue weighted by Crippen LogP contribution is 2.46. The quantitative estimate of drug-likeness (QED) is 0.184. The number of aromatic nitrogens is 3. The highest BCUT2D eigenvalue weighted by Gasteiger charge is 2.19. The Morgan fingerprint density at radius 2 is 1.14 bits per heavy atom. The summed E-state index contributed by atoms with van der Waals surface area (Å²) in [6, 6.07) is 42.7. The topological polar surface area (TPSA) is 51.8 Å². The Morgan fingerprint density at radius 3 is 1.94 bits per heavy atom. The van der Waals surface area contributed by atoms with Gasteiger partial charge < -0.3 is 4.42 Å². The molecular weight excluding hydrogens is 631 g/mol. The van der Waals surface area contributed by atoms with Crippen molar-refractivity contribution >= 4 is 53.4 Å². The normalized spacial score (nSPS) is 13.0. The van der Waals surface area contributed by atoms with Crippen molar-refractivity contribution in [3.8, 4) is 56.4 Å². The summed E-state index contributed by atoms with van der Waals surface area (Å²) in [5.74, 6) is 0.572. The highest BCUT2D eigenvalue weighted by molar-refractivity contribution is 7.26. The van der Waals surface area contributed by atoms with E-state index in [9.17, 15) is 0 Å². The molecule has 10 aromatic rings. The first-order valence-electron chi connectivity index (χ1n) is 18.7. The van der Waals surface area contributed by atoms with E-state index in [1.54, 1.807) is 11.3 Å². The molecule has 5 heteroatoms. The third-order valence-corrected chi connectivity index (χ3v) is 10.1. The van der Waals surface area contributed by atoms with Gasteiger partial charge in [-0.05, 0) is 47.0 Å². The van der Waals surface area contributed by atoms with E-state index in [4.69, 9.17) is 21.2 Å². The molecule has 0 fully saturated rings. The largest absolute Gasteiger partial charge is 0.455 e. The fourth-order valence-corrected chi connectivity index (χ4v) is 7.88. The molecule has 7 aromatic carbocycles. The van der Waals surface area contributed by atoms with Crippen LogP contribution in [0.3, 0.4) is 0 Å². The Morgan fingerprint density at radius 1 is 0.460 bits per heavy atom. The lowest BCUT2D eigenvalue weighted by Gasteiger charge is -2.10. The minimum Gasteiger partial charge on any atom is -0.455 e. The average Bonchev–Trinajstić information content (AvgIpc) is 3.80. The molecule has 3 aromatic heterocycles. The van der Waals surface area contributed by atoms with E-state index in [0.717, 1.165) is 38.6 Å². The summed E-state index contributed by atoms with van der Waals surface area (Å²) in [4.78, 5) is 14.2. The number of para-hydroxylation sites is 1. The van der Waals surface area contributed by atoms with Crippen molar-refractivity contribution in [2.24, 2.45) is 0 Å². The zero-order valence-electron chi connectivity index (χ0n) is 31.4. The van der Waals surface area contributed by atoms with Gasteiger partial charge in [0.1, 0.15) is 11.2 Å². The van der Waals surface area contributed by atoms with Crippen molar-refractivity contribution < 1.29 is 11.3 Å². The number of furan rings is 1. The van der Waals surface area contributed by atoms with Crippen molar-refractivity contribution in [3.63, 3.8) is 0 Å². The smallest absolute Gasteiger partial charge is 0.164 e. The van der Waals surface area contributed by atoms with Crippen LogP contribution in [0.5, 0.6) is 0 Å². The molecule has 0 saturated carbocycles. The van der Waals surface area contributed by atoms with Crippen LogP contribution in [0.1, 0.15) is 6.85 Å². The summed E-state index contributed by atoms with van der Waals surface area (Å²) in [5.41, 5.74) is 6.96. The zero-order valence-corrected chi connectivity index (χ0v) is 27.2. The van der Waals surface area contributed by atoms with E-state index in [0.29, 0.717) is 22.5 Å². The second-order valence-electron chi connectivity index (χ2n) is 12.0. The van der Waals surface area contributed by atoms with Crippen molar-refractivity contribution in [1.82, 2.24) is 15.0 Å². The molecule has 0 amide bonds. The molecule has 3 heterocycles. The minimum absolute atomic E-state index is 0.0156. The Labute approximate surface area is 299 Å². The van der Waals surface area contributed by atoms with E-state index in [1.165, 1.54) is 20.2 Å². The van der Waals surface area contributed by atoms with E-state index in [2.05, 4.69) is 83.8 Å². The van der Waals surface area contributed by atoms with E-state index in [1.807, 2.05) is 54.6 Å². The first kappa shape index (κ1) is 23.8. The molecule has 234 valence electrons. The molecular formula is C45H27N3OS. The molecule has 0 aliphatic rings. The van der Waals surface area contributed by atoms with Crippen LogP contribution in [0.15, 0.2) is 168 Å². The number of benzene rings is 7. The van der Waals surface area contributed by atoms with Gasteiger partial charge in [0.25, 0.3) is 0 Å². The summed E-state index contributed by atoms with van der Waals surface area (Å²) in [6.45, 7) is 0. The van der Waals surface area contributed by atoms with Crippen molar-refractivity contribution in [2.75, 3.05) is 0 Å². The predicted molar refractivity (Wildman–Crippen MR) is 207 cm³/mol. The van der Waals surface area contributed by atoms with Gasteiger partial charge in [0.05, 0.1) is 6.85 Å². The maximum atomic E-state index is 8.64. The lowest BCUT2D eigenvalue weighted by molar-refractivity contribution is 0.670. The van der Waals surface area contributed by atoms with Crippen LogP contribution in [0.2, 0.25) is 0 Å². The average molecular weight is 663 g/mol. The highest BCUT2D eigenvalue weighted by atomic mass is 32.1. The maximum absolute atomic E-state index is 8.64. The van der Waals surface area contributed by atoms with Gasteiger partial charge in [-0.25, -0.2) is 15.0 Å². The number of thiophene rings is 1. The molecule has 10 rings (SSSR count). The van der Waals surface area contributed by atoms with Crippen molar-refractivity contribution in [1.29, 1.82) is 0 Å². The molecule has 0 aliphatic carbocycles. The molecule has 0 saturated heterocycles. The van der Waals surface area contributed by atoms with Gasteiger partial charge in [-0.15, -0.1) is 11.3 Å². The monoisotopic (exact) mass is 662 g/mol. The van der Waals surface area contributed by atoms with Crippen molar-refractivity contribution in [2.45, 2.75) is 0 Å². The van der Waals surface area contributed by atoms with Gasteiger partial charge in [-0.1, -0.05) is 133 Å². The molecule has 0 unspecified atom stereocenters. The third kappa shape index (κ3) is 4.79. The second-order valence-corrected chi connectivity index (χ2v) is 13.1. The van der Waals surface area contributed by atoms with Crippen LogP contribution < -0.4 is 0 Å². The fraction of sp³-hybridized carbons (Fsp3) is 0. The number of nitrogens with zero attached hydrogens (tertiary/aromatic N) is 3. The SMILES string of the molecule is [2H]c1c([2H])c([2H])c(-c2nc(-c3ccccc3)nc(-c3ccc4c(c3)oc3c(-c5cc(-c6ccccc6)cc6sc7ccccc7c56)cccc34)n2)c([2H])c1[2H]. The number of hydrogen-bond donors (Lipinski definition) is 0. The lowest BCUT2D eigenvalue weighted by atomic mass is 9.93. The van der Waals surface area contributed by atoms with Crippen LogP contribution in [0.25, 0.3) is 98.5 Å². The second kappa shape index (κ2) is 11.6. The summed E-state index contributed by atoms with van der Waals surface area (Å²) in [6.07, 6.45) is 0. The van der Waals surface area contributed by atoms with Gasteiger partial charge in [0, 0.05) is 53.2 Å².